The minimum atomic E-state index is -0.224. The number of Topliss-reactive ketones (excluding diaryl/α,β-unsaturated/α-hetero) is 2. The molecule has 2 aromatic carbocycles. The Labute approximate surface area is 221 Å². The van der Waals surface area contributed by atoms with Crippen molar-refractivity contribution in [3.63, 3.8) is 0 Å². The first-order chi connectivity index (χ1) is 17.9. The highest BCUT2D eigenvalue weighted by molar-refractivity contribution is 6.31. The van der Waals surface area contributed by atoms with Gasteiger partial charge < -0.3 is 9.84 Å². The molecule has 0 saturated heterocycles. The van der Waals surface area contributed by atoms with Crippen LogP contribution in [0.1, 0.15) is 33.9 Å². The summed E-state index contributed by atoms with van der Waals surface area (Å²) in [6.45, 7) is 0.122. The smallest absolute Gasteiger partial charge is 0.143 e. The zero-order valence-electron chi connectivity index (χ0n) is 19.8. The number of halogens is 2. The molecule has 0 spiro atoms. The largest absolute Gasteiger partial charge is 0.390 e. The Morgan fingerprint density at radius 1 is 0.811 bits per heavy atom. The zero-order chi connectivity index (χ0) is 26.1. The van der Waals surface area contributed by atoms with E-state index in [0.717, 1.165) is 28.2 Å². The summed E-state index contributed by atoms with van der Waals surface area (Å²) < 4.78 is 8.38. The van der Waals surface area contributed by atoms with E-state index in [9.17, 15) is 14.7 Å². The van der Waals surface area contributed by atoms with E-state index in [2.05, 4.69) is 20.6 Å². The number of aliphatic hydroxyl groups is 1. The minimum absolute atomic E-state index is 0.0781. The van der Waals surface area contributed by atoms with Gasteiger partial charge in [-0.05, 0) is 35.4 Å². The maximum Gasteiger partial charge on any atom is 0.143 e. The Balaban J connectivity index is 0.000000152. The first-order valence-electron chi connectivity index (χ1n) is 11.5. The topological polar surface area (TPSA) is 125 Å². The summed E-state index contributed by atoms with van der Waals surface area (Å²) in [5.74, 6) is 0.219. The SMILES string of the molecule is COCc1nnn2c1CC(=O)Cc1ccc(Cl)cc1-2.O=C1Cc2ccc(Cl)cc2-n2nnc(CO)c2C1. The number of nitrogens with zero attached hydrogens (tertiary/aromatic N) is 6. The van der Waals surface area contributed by atoms with Gasteiger partial charge in [0.2, 0.25) is 0 Å². The number of aromatic nitrogens is 6. The molecule has 4 aromatic rings. The lowest BCUT2D eigenvalue weighted by Gasteiger charge is -2.07. The lowest BCUT2D eigenvalue weighted by molar-refractivity contribution is -0.118. The molecule has 2 aromatic heterocycles. The lowest BCUT2D eigenvalue weighted by Crippen LogP contribution is -2.07. The van der Waals surface area contributed by atoms with Crippen LogP contribution in [0.2, 0.25) is 10.0 Å². The number of carbonyl (C=O) groups excluding carboxylic acids is 2. The second-order valence-electron chi connectivity index (χ2n) is 8.71. The first-order valence-corrected chi connectivity index (χ1v) is 12.2. The third-order valence-corrected chi connectivity index (χ3v) is 6.64. The van der Waals surface area contributed by atoms with Crippen molar-refractivity contribution in [3.8, 4) is 11.4 Å². The van der Waals surface area contributed by atoms with Gasteiger partial charge in [0.1, 0.15) is 23.0 Å². The van der Waals surface area contributed by atoms with Gasteiger partial charge in [0.15, 0.2) is 0 Å². The molecule has 0 unspecified atom stereocenters. The van der Waals surface area contributed by atoms with Gasteiger partial charge in [-0.25, -0.2) is 9.36 Å². The van der Waals surface area contributed by atoms with Crippen LogP contribution in [0.25, 0.3) is 11.4 Å². The van der Waals surface area contributed by atoms with Gasteiger partial charge in [-0.3, -0.25) is 9.59 Å². The standard InChI is InChI=1S/C13H12ClN3O2.C12H10ClN3O2/c1-19-7-11-13-6-10(18)4-8-2-3-9(14)5-12(8)17(13)16-15-11;13-8-2-1-7-3-9(18)5-12-10(6-17)14-15-16(12)11(7)4-8/h2-3,5H,4,6-7H2,1H3;1-2,4,17H,3,5-6H2. The van der Waals surface area contributed by atoms with Crippen LogP contribution >= 0.6 is 23.2 Å². The van der Waals surface area contributed by atoms with Gasteiger partial charge in [-0.15, -0.1) is 10.2 Å². The summed E-state index contributed by atoms with van der Waals surface area (Å²) in [6, 6.07) is 10.8. The van der Waals surface area contributed by atoms with Crippen molar-refractivity contribution >= 4 is 34.8 Å². The average molecular weight is 541 g/mol. The third-order valence-electron chi connectivity index (χ3n) is 6.17. The molecule has 190 valence electrons. The summed E-state index contributed by atoms with van der Waals surface area (Å²) in [4.78, 5) is 23.9. The van der Waals surface area contributed by atoms with Crippen LogP contribution in [-0.2, 0) is 53.2 Å². The monoisotopic (exact) mass is 540 g/mol. The van der Waals surface area contributed by atoms with Gasteiger partial charge in [0.05, 0.1) is 48.8 Å². The van der Waals surface area contributed by atoms with Crippen LogP contribution < -0.4 is 0 Å². The number of ether oxygens (including phenoxy) is 1. The molecule has 10 nitrogen and oxygen atoms in total. The molecule has 0 atom stereocenters. The number of rotatable bonds is 3. The number of hydrogen-bond acceptors (Lipinski definition) is 8. The van der Waals surface area contributed by atoms with E-state index in [4.69, 9.17) is 27.9 Å². The lowest BCUT2D eigenvalue weighted by atomic mass is 10.1. The van der Waals surface area contributed by atoms with Crippen LogP contribution in [0.3, 0.4) is 0 Å². The number of methoxy groups -OCH3 is 1. The maximum atomic E-state index is 12.0. The molecule has 0 bridgehead atoms. The van der Waals surface area contributed by atoms with Crippen LogP contribution in [-0.4, -0.2) is 53.8 Å². The fourth-order valence-corrected chi connectivity index (χ4v) is 4.80. The van der Waals surface area contributed by atoms with Crippen molar-refractivity contribution in [1.82, 2.24) is 30.0 Å². The van der Waals surface area contributed by atoms with E-state index in [1.807, 2.05) is 18.2 Å². The predicted molar refractivity (Wildman–Crippen MR) is 134 cm³/mol. The second kappa shape index (κ2) is 10.5. The number of benzene rings is 2. The van der Waals surface area contributed by atoms with E-state index in [0.29, 0.717) is 53.0 Å². The van der Waals surface area contributed by atoms with Crippen molar-refractivity contribution in [2.45, 2.75) is 38.9 Å². The number of aliphatic hydroxyl groups excluding tert-OH is 1. The van der Waals surface area contributed by atoms with E-state index in [1.54, 1.807) is 34.7 Å². The molecule has 0 radical (unpaired) electrons. The van der Waals surface area contributed by atoms with Crippen molar-refractivity contribution in [2.75, 3.05) is 7.11 Å². The van der Waals surface area contributed by atoms with E-state index in [-0.39, 0.29) is 24.6 Å². The Morgan fingerprint density at radius 2 is 1.30 bits per heavy atom. The van der Waals surface area contributed by atoms with E-state index < -0.39 is 0 Å². The predicted octanol–water partition coefficient (Wildman–Crippen LogP) is 2.82. The molecule has 4 heterocycles. The molecule has 0 fully saturated rings. The van der Waals surface area contributed by atoms with Crippen LogP contribution in [0.4, 0.5) is 0 Å². The normalized spacial score (nSPS) is 13.9. The van der Waals surface area contributed by atoms with Crippen molar-refractivity contribution in [1.29, 1.82) is 0 Å². The minimum Gasteiger partial charge on any atom is -0.390 e. The fraction of sp³-hybridized carbons (Fsp3) is 0.280. The van der Waals surface area contributed by atoms with Crippen LogP contribution in [0.5, 0.6) is 0 Å². The number of carbonyl (C=O) groups is 2. The highest BCUT2D eigenvalue weighted by atomic mass is 35.5. The third kappa shape index (κ3) is 5.05. The summed E-state index contributed by atoms with van der Waals surface area (Å²) in [7, 11) is 1.59. The summed E-state index contributed by atoms with van der Waals surface area (Å²) >= 11 is 12.0. The van der Waals surface area contributed by atoms with E-state index >= 15 is 0 Å². The molecular weight excluding hydrogens is 519 g/mol. The van der Waals surface area contributed by atoms with Gasteiger partial charge in [0, 0.05) is 30.0 Å². The molecule has 0 saturated carbocycles. The first kappa shape index (κ1) is 25.2. The summed E-state index contributed by atoms with van der Waals surface area (Å²) in [5, 5.41) is 26.5. The zero-order valence-corrected chi connectivity index (χ0v) is 21.3. The Morgan fingerprint density at radius 3 is 1.78 bits per heavy atom. The van der Waals surface area contributed by atoms with Crippen molar-refractivity contribution < 1.29 is 19.4 Å². The van der Waals surface area contributed by atoms with Gasteiger partial charge in [-0.1, -0.05) is 45.8 Å². The summed E-state index contributed by atoms with van der Waals surface area (Å²) in [5.41, 5.74) is 5.94. The second-order valence-corrected chi connectivity index (χ2v) is 9.58. The van der Waals surface area contributed by atoms with E-state index in [1.165, 1.54) is 0 Å². The van der Waals surface area contributed by atoms with Crippen LogP contribution in [0.15, 0.2) is 36.4 Å². The quantitative estimate of drug-likeness (QED) is 0.420. The fourth-order valence-electron chi connectivity index (χ4n) is 4.47. The highest BCUT2D eigenvalue weighted by Gasteiger charge is 2.25. The number of fused-ring (bicyclic) bond motifs is 6. The van der Waals surface area contributed by atoms with Gasteiger partial charge in [0.25, 0.3) is 0 Å². The molecule has 6 rings (SSSR count). The van der Waals surface area contributed by atoms with Gasteiger partial charge >= 0.3 is 0 Å². The Bertz CT molecular complexity index is 1510. The number of ketones is 2. The Hall–Kier alpha value is -3.44. The van der Waals surface area contributed by atoms with Crippen molar-refractivity contribution in [3.05, 3.63) is 80.3 Å². The summed E-state index contributed by atoms with van der Waals surface area (Å²) in [6.07, 6.45) is 1.29. The molecule has 12 heteroatoms. The maximum absolute atomic E-state index is 12.0. The molecule has 0 aliphatic carbocycles. The molecule has 1 N–H and O–H groups in total. The van der Waals surface area contributed by atoms with Crippen molar-refractivity contribution in [2.24, 2.45) is 0 Å². The molecule has 2 aliphatic heterocycles. The van der Waals surface area contributed by atoms with Gasteiger partial charge in [-0.2, -0.15) is 0 Å². The Kier molecular flexibility index (Phi) is 7.16. The molecule has 0 amide bonds. The van der Waals surface area contributed by atoms with Crippen LogP contribution in [0, 0.1) is 0 Å². The highest BCUT2D eigenvalue weighted by Crippen LogP contribution is 2.27. The average Bonchev–Trinajstić information content (AvgIpc) is 3.37. The molecular formula is C25H22Cl2N6O4. The number of hydrogen-bond donors (Lipinski definition) is 1. The molecule has 2 aliphatic rings. The molecule has 37 heavy (non-hydrogen) atoms.